The molecule has 2 aromatic heterocycles. The Kier molecular flexibility index (Phi) is 3.32. The molecular formula is C13H14F2N2O. The molecule has 1 atom stereocenters. The molecule has 0 bridgehead atoms. The highest BCUT2D eigenvalue weighted by atomic mass is 19.1. The Balaban J connectivity index is 2.21. The third-order valence-electron chi connectivity index (χ3n) is 2.71. The molecule has 0 amide bonds. The van der Waals surface area contributed by atoms with Gasteiger partial charge < -0.3 is 9.73 Å². The smallest absolute Gasteiger partial charge is 0.168 e. The van der Waals surface area contributed by atoms with Crippen molar-refractivity contribution >= 4 is 5.82 Å². The summed E-state index contributed by atoms with van der Waals surface area (Å²) in [5.74, 6) is 0.196. The molecule has 3 nitrogen and oxygen atoms in total. The van der Waals surface area contributed by atoms with Crippen molar-refractivity contribution in [2.75, 3.05) is 5.32 Å². The van der Waals surface area contributed by atoms with Crippen LogP contribution in [0.25, 0.3) is 0 Å². The van der Waals surface area contributed by atoms with Crippen LogP contribution in [-0.4, -0.2) is 4.98 Å². The van der Waals surface area contributed by atoms with E-state index < -0.39 is 11.6 Å². The summed E-state index contributed by atoms with van der Waals surface area (Å²) in [5.41, 5.74) is 0.929. The number of halogens is 2. The number of hydrogen-bond donors (Lipinski definition) is 1. The molecule has 2 rings (SSSR count). The minimum atomic E-state index is -0.709. The molecule has 0 aromatic carbocycles. The van der Waals surface area contributed by atoms with E-state index in [1.807, 2.05) is 26.8 Å². The zero-order valence-electron chi connectivity index (χ0n) is 10.4. The number of rotatable bonds is 3. The van der Waals surface area contributed by atoms with Gasteiger partial charge in [0.1, 0.15) is 17.3 Å². The zero-order valence-corrected chi connectivity index (χ0v) is 10.4. The molecule has 0 saturated carbocycles. The number of anilines is 1. The monoisotopic (exact) mass is 252 g/mol. The number of furan rings is 1. The van der Waals surface area contributed by atoms with Gasteiger partial charge in [-0.05, 0) is 26.8 Å². The van der Waals surface area contributed by atoms with Crippen molar-refractivity contribution in [2.45, 2.75) is 26.8 Å². The fourth-order valence-electron chi connectivity index (χ4n) is 1.88. The van der Waals surface area contributed by atoms with E-state index in [1.54, 1.807) is 0 Å². The van der Waals surface area contributed by atoms with Gasteiger partial charge >= 0.3 is 0 Å². The first kappa shape index (κ1) is 12.5. The molecule has 0 spiro atoms. The van der Waals surface area contributed by atoms with E-state index in [1.165, 1.54) is 0 Å². The minimum absolute atomic E-state index is 0.0298. The summed E-state index contributed by atoms with van der Waals surface area (Å²) in [7, 11) is 0. The Bertz CT molecular complexity index is 566. The molecule has 2 aromatic rings. The lowest BCUT2D eigenvalue weighted by molar-refractivity contribution is 0.499. The van der Waals surface area contributed by atoms with Crippen molar-refractivity contribution in [3.8, 4) is 0 Å². The van der Waals surface area contributed by atoms with Crippen molar-refractivity contribution in [3.63, 3.8) is 0 Å². The predicted octanol–water partition coefficient (Wildman–Crippen LogP) is 3.74. The summed E-state index contributed by atoms with van der Waals surface area (Å²) in [6.45, 7) is 5.55. The molecule has 1 unspecified atom stereocenters. The third-order valence-corrected chi connectivity index (χ3v) is 2.71. The highest BCUT2D eigenvalue weighted by Gasteiger charge is 2.15. The Morgan fingerprint density at radius 3 is 2.56 bits per heavy atom. The topological polar surface area (TPSA) is 38.1 Å². The summed E-state index contributed by atoms with van der Waals surface area (Å²) in [6.07, 6.45) is 0.978. The van der Waals surface area contributed by atoms with Crippen molar-refractivity contribution in [3.05, 3.63) is 47.0 Å². The van der Waals surface area contributed by atoms with Gasteiger partial charge in [0, 0.05) is 11.6 Å². The second kappa shape index (κ2) is 4.76. The Hall–Kier alpha value is -1.91. The van der Waals surface area contributed by atoms with Crippen LogP contribution in [0.4, 0.5) is 14.6 Å². The van der Waals surface area contributed by atoms with E-state index in [0.29, 0.717) is 0 Å². The molecule has 1 N–H and O–H groups in total. The largest absolute Gasteiger partial charge is 0.466 e. The summed E-state index contributed by atoms with van der Waals surface area (Å²) < 4.78 is 31.6. The normalized spacial score (nSPS) is 12.5. The van der Waals surface area contributed by atoms with Gasteiger partial charge in [0.25, 0.3) is 0 Å². The number of pyridine rings is 1. The van der Waals surface area contributed by atoms with Gasteiger partial charge in [-0.1, -0.05) is 0 Å². The standard InChI is InChI=1S/C13H14F2N2O/c1-7-4-11(9(3)18-7)8(2)17-13-12(15)5-10(14)6-16-13/h4-6,8H,1-3H3,(H,16,17). The number of hydrogen-bond acceptors (Lipinski definition) is 3. The van der Waals surface area contributed by atoms with Crippen molar-refractivity contribution in [1.82, 2.24) is 4.98 Å². The lowest BCUT2D eigenvalue weighted by Gasteiger charge is -2.14. The first-order valence-corrected chi connectivity index (χ1v) is 5.62. The number of aryl methyl sites for hydroxylation is 2. The molecule has 0 aliphatic heterocycles. The Morgan fingerprint density at radius 1 is 1.28 bits per heavy atom. The second-order valence-corrected chi connectivity index (χ2v) is 4.22. The number of nitrogens with one attached hydrogen (secondary N) is 1. The summed E-state index contributed by atoms with van der Waals surface area (Å²) >= 11 is 0. The fourth-order valence-corrected chi connectivity index (χ4v) is 1.88. The summed E-state index contributed by atoms with van der Waals surface area (Å²) in [6, 6.07) is 2.51. The molecule has 0 aliphatic rings. The highest BCUT2D eigenvalue weighted by molar-refractivity contribution is 5.40. The van der Waals surface area contributed by atoms with Gasteiger partial charge in [-0.25, -0.2) is 13.8 Å². The van der Waals surface area contributed by atoms with Crippen LogP contribution in [0.2, 0.25) is 0 Å². The fraction of sp³-hybridized carbons (Fsp3) is 0.308. The van der Waals surface area contributed by atoms with Crippen LogP contribution in [0, 0.1) is 25.5 Å². The van der Waals surface area contributed by atoms with Crippen LogP contribution < -0.4 is 5.32 Å². The van der Waals surface area contributed by atoms with Crippen LogP contribution in [0.15, 0.2) is 22.7 Å². The lowest BCUT2D eigenvalue weighted by atomic mass is 10.1. The van der Waals surface area contributed by atoms with E-state index >= 15 is 0 Å². The predicted molar refractivity (Wildman–Crippen MR) is 64.4 cm³/mol. The minimum Gasteiger partial charge on any atom is -0.466 e. The maximum Gasteiger partial charge on any atom is 0.168 e. The molecule has 2 heterocycles. The number of aromatic nitrogens is 1. The maximum atomic E-state index is 13.4. The summed E-state index contributed by atoms with van der Waals surface area (Å²) in [4.78, 5) is 3.69. The first-order chi connectivity index (χ1) is 8.47. The summed E-state index contributed by atoms with van der Waals surface area (Å²) in [5, 5.41) is 2.90. The Labute approximate surface area is 104 Å². The molecule has 0 radical (unpaired) electrons. The van der Waals surface area contributed by atoms with E-state index in [9.17, 15) is 8.78 Å². The van der Waals surface area contributed by atoms with Gasteiger partial charge in [0.05, 0.1) is 12.2 Å². The van der Waals surface area contributed by atoms with Gasteiger partial charge in [-0.3, -0.25) is 0 Å². The van der Waals surface area contributed by atoms with E-state index in [-0.39, 0.29) is 11.9 Å². The average molecular weight is 252 g/mol. The van der Waals surface area contributed by atoms with Crippen molar-refractivity contribution in [2.24, 2.45) is 0 Å². The second-order valence-electron chi connectivity index (χ2n) is 4.22. The van der Waals surface area contributed by atoms with Crippen molar-refractivity contribution in [1.29, 1.82) is 0 Å². The quantitative estimate of drug-likeness (QED) is 0.904. The average Bonchev–Trinajstić information content (AvgIpc) is 2.62. The van der Waals surface area contributed by atoms with Gasteiger partial charge in [0.2, 0.25) is 0 Å². The number of nitrogens with zero attached hydrogens (tertiary/aromatic N) is 1. The van der Waals surface area contributed by atoms with Gasteiger partial charge in [-0.15, -0.1) is 0 Å². The Morgan fingerprint density at radius 2 is 2.00 bits per heavy atom. The van der Waals surface area contributed by atoms with E-state index in [4.69, 9.17) is 4.42 Å². The lowest BCUT2D eigenvalue weighted by Crippen LogP contribution is -2.10. The molecular weight excluding hydrogens is 238 g/mol. The van der Waals surface area contributed by atoms with Crippen LogP contribution in [0.3, 0.4) is 0 Å². The van der Waals surface area contributed by atoms with Crippen molar-refractivity contribution < 1.29 is 13.2 Å². The molecule has 96 valence electrons. The third kappa shape index (κ3) is 2.50. The van der Waals surface area contributed by atoms with Gasteiger partial charge in [-0.2, -0.15) is 0 Å². The van der Waals surface area contributed by atoms with Crippen LogP contribution in [0.1, 0.15) is 30.0 Å². The van der Waals surface area contributed by atoms with Crippen LogP contribution in [0.5, 0.6) is 0 Å². The molecule has 18 heavy (non-hydrogen) atoms. The molecule has 5 heteroatoms. The van der Waals surface area contributed by atoms with Gasteiger partial charge in [0.15, 0.2) is 11.6 Å². The highest BCUT2D eigenvalue weighted by Crippen LogP contribution is 2.25. The SMILES string of the molecule is Cc1cc(C(C)Nc2ncc(F)cc2F)c(C)o1. The van der Waals surface area contributed by atoms with Crippen LogP contribution >= 0.6 is 0 Å². The van der Waals surface area contributed by atoms with E-state index in [2.05, 4.69) is 10.3 Å². The first-order valence-electron chi connectivity index (χ1n) is 5.62. The van der Waals surface area contributed by atoms with Crippen LogP contribution in [-0.2, 0) is 0 Å². The molecule has 0 fully saturated rings. The molecule has 0 saturated heterocycles. The maximum absolute atomic E-state index is 13.4. The zero-order chi connectivity index (χ0) is 13.3. The molecule has 0 aliphatic carbocycles. The van der Waals surface area contributed by atoms with E-state index in [0.717, 1.165) is 29.3 Å².